The summed E-state index contributed by atoms with van der Waals surface area (Å²) in [6.07, 6.45) is 5.00. The number of hydrogen-bond donors (Lipinski definition) is 2. The molecule has 0 aromatic rings. The second-order valence-corrected chi connectivity index (χ2v) is 4.78. The molecule has 0 aliphatic carbocycles. The third-order valence-electron chi connectivity index (χ3n) is 3.25. The van der Waals surface area contributed by atoms with Crippen molar-refractivity contribution in [2.45, 2.75) is 52.9 Å². The molecular formula is C13H29N3O. The lowest BCUT2D eigenvalue weighted by Gasteiger charge is -2.23. The van der Waals surface area contributed by atoms with Gasteiger partial charge in [-0.1, -0.05) is 33.6 Å². The van der Waals surface area contributed by atoms with Gasteiger partial charge in [-0.15, -0.1) is 0 Å². The third kappa shape index (κ3) is 9.12. The van der Waals surface area contributed by atoms with Gasteiger partial charge in [0, 0.05) is 13.0 Å². The summed E-state index contributed by atoms with van der Waals surface area (Å²) in [6, 6.07) is 0. The summed E-state index contributed by atoms with van der Waals surface area (Å²) >= 11 is 0. The molecule has 17 heavy (non-hydrogen) atoms. The van der Waals surface area contributed by atoms with Crippen LogP contribution in [0.4, 0.5) is 0 Å². The Bertz CT molecular complexity index is 197. The number of nitrogens with one attached hydrogen (secondary N) is 1. The normalized spacial score (nSPS) is 12.8. The number of carbonyl (C=O) groups excluding carboxylic acids is 1. The molecule has 0 fully saturated rings. The molecule has 0 aromatic carbocycles. The van der Waals surface area contributed by atoms with Gasteiger partial charge in [0.05, 0.1) is 0 Å². The Morgan fingerprint density at radius 3 is 2.53 bits per heavy atom. The van der Waals surface area contributed by atoms with Crippen molar-refractivity contribution in [3.05, 3.63) is 0 Å². The van der Waals surface area contributed by atoms with E-state index in [1.54, 1.807) is 0 Å². The van der Waals surface area contributed by atoms with Gasteiger partial charge in [-0.3, -0.25) is 10.2 Å². The molecule has 0 radical (unpaired) electrons. The number of unbranched alkanes of at least 4 members (excludes halogenated alkanes) is 2. The van der Waals surface area contributed by atoms with E-state index in [0.29, 0.717) is 6.42 Å². The molecule has 0 aromatic heterocycles. The average Bonchev–Trinajstić information content (AvgIpc) is 2.36. The summed E-state index contributed by atoms with van der Waals surface area (Å²) in [4.78, 5) is 13.4. The van der Waals surface area contributed by atoms with Crippen molar-refractivity contribution in [2.75, 3.05) is 19.6 Å². The molecule has 0 bridgehead atoms. The highest BCUT2D eigenvalue weighted by molar-refractivity contribution is 5.74. The van der Waals surface area contributed by atoms with Crippen molar-refractivity contribution in [3.8, 4) is 0 Å². The van der Waals surface area contributed by atoms with Gasteiger partial charge in [0.15, 0.2) is 0 Å². The van der Waals surface area contributed by atoms with Crippen LogP contribution in [0.5, 0.6) is 0 Å². The van der Waals surface area contributed by atoms with Crippen LogP contribution in [0, 0.1) is 5.92 Å². The summed E-state index contributed by atoms with van der Waals surface area (Å²) in [6.45, 7) is 10.2. The molecule has 4 heteroatoms. The molecule has 1 atom stereocenters. The fraction of sp³-hybridized carbons (Fsp3) is 0.923. The Morgan fingerprint density at radius 1 is 1.29 bits per heavy atom. The van der Waals surface area contributed by atoms with Gasteiger partial charge >= 0.3 is 0 Å². The van der Waals surface area contributed by atoms with Crippen molar-refractivity contribution in [1.82, 2.24) is 10.3 Å². The maximum Gasteiger partial charge on any atom is 0.233 e. The smallest absolute Gasteiger partial charge is 0.233 e. The Morgan fingerprint density at radius 2 is 2.00 bits per heavy atom. The quantitative estimate of drug-likeness (QED) is 0.267. The van der Waals surface area contributed by atoms with Gasteiger partial charge in [0.1, 0.15) is 0 Å². The topological polar surface area (TPSA) is 58.4 Å². The molecule has 0 saturated carbocycles. The number of carbonyl (C=O) groups is 1. The van der Waals surface area contributed by atoms with Gasteiger partial charge in [-0.05, 0) is 31.8 Å². The predicted octanol–water partition coefficient (Wildman–Crippen LogP) is 1.90. The van der Waals surface area contributed by atoms with Crippen LogP contribution in [0.2, 0.25) is 0 Å². The molecule has 0 aliphatic heterocycles. The minimum absolute atomic E-state index is 0.0584. The van der Waals surface area contributed by atoms with Gasteiger partial charge < -0.3 is 4.90 Å². The standard InChI is InChI=1S/C13H29N3O/c1-4-12(3)11-16(5-2)10-8-6-7-9-13(17)15-14/h12H,4-11,14H2,1-3H3,(H,15,17). The molecule has 0 aliphatic rings. The van der Waals surface area contributed by atoms with Gasteiger partial charge in [-0.25, -0.2) is 5.84 Å². The summed E-state index contributed by atoms with van der Waals surface area (Å²) < 4.78 is 0. The van der Waals surface area contributed by atoms with E-state index in [0.717, 1.165) is 31.8 Å². The van der Waals surface area contributed by atoms with Gasteiger partial charge in [-0.2, -0.15) is 0 Å². The molecule has 1 amide bonds. The zero-order valence-electron chi connectivity index (χ0n) is 11.7. The van der Waals surface area contributed by atoms with E-state index in [2.05, 4.69) is 31.1 Å². The highest BCUT2D eigenvalue weighted by Crippen LogP contribution is 2.07. The van der Waals surface area contributed by atoms with E-state index in [9.17, 15) is 4.79 Å². The van der Waals surface area contributed by atoms with Crippen LogP contribution in [-0.2, 0) is 4.79 Å². The Balaban J connectivity index is 3.53. The number of nitrogens with two attached hydrogens (primary N) is 1. The van der Waals surface area contributed by atoms with E-state index >= 15 is 0 Å². The van der Waals surface area contributed by atoms with Gasteiger partial charge in [0.2, 0.25) is 5.91 Å². The maximum atomic E-state index is 10.9. The second-order valence-electron chi connectivity index (χ2n) is 4.78. The first-order valence-electron chi connectivity index (χ1n) is 6.85. The zero-order valence-corrected chi connectivity index (χ0v) is 11.7. The fourth-order valence-corrected chi connectivity index (χ4v) is 1.82. The SMILES string of the molecule is CCC(C)CN(CC)CCCCCC(=O)NN. The van der Waals surface area contributed by atoms with Crippen molar-refractivity contribution in [3.63, 3.8) is 0 Å². The van der Waals surface area contributed by atoms with Crippen molar-refractivity contribution < 1.29 is 4.79 Å². The van der Waals surface area contributed by atoms with Crippen molar-refractivity contribution >= 4 is 5.91 Å². The minimum Gasteiger partial charge on any atom is -0.303 e. The van der Waals surface area contributed by atoms with Crippen LogP contribution >= 0.6 is 0 Å². The highest BCUT2D eigenvalue weighted by Gasteiger charge is 2.06. The Labute approximate surface area is 106 Å². The van der Waals surface area contributed by atoms with Crippen LogP contribution in [-0.4, -0.2) is 30.4 Å². The summed E-state index contributed by atoms with van der Waals surface area (Å²) in [5.74, 6) is 5.74. The fourth-order valence-electron chi connectivity index (χ4n) is 1.82. The minimum atomic E-state index is -0.0584. The summed E-state index contributed by atoms with van der Waals surface area (Å²) in [5.41, 5.74) is 2.16. The Hall–Kier alpha value is -0.610. The first-order valence-corrected chi connectivity index (χ1v) is 6.85. The first-order chi connectivity index (χ1) is 8.13. The lowest BCUT2D eigenvalue weighted by Crippen LogP contribution is -2.30. The first kappa shape index (κ1) is 16.4. The zero-order chi connectivity index (χ0) is 13.1. The van der Waals surface area contributed by atoms with E-state index in [1.165, 1.54) is 19.4 Å². The monoisotopic (exact) mass is 243 g/mol. The molecule has 0 spiro atoms. The molecule has 1 unspecified atom stereocenters. The molecule has 3 N–H and O–H groups in total. The predicted molar refractivity (Wildman–Crippen MR) is 72.4 cm³/mol. The maximum absolute atomic E-state index is 10.9. The van der Waals surface area contributed by atoms with Crippen molar-refractivity contribution in [2.24, 2.45) is 11.8 Å². The van der Waals surface area contributed by atoms with Gasteiger partial charge in [0.25, 0.3) is 0 Å². The molecule has 0 rings (SSSR count). The van der Waals surface area contributed by atoms with Crippen LogP contribution in [0.15, 0.2) is 0 Å². The summed E-state index contributed by atoms with van der Waals surface area (Å²) in [5, 5.41) is 0. The number of rotatable bonds is 10. The molecular weight excluding hydrogens is 214 g/mol. The van der Waals surface area contributed by atoms with Crippen molar-refractivity contribution in [1.29, 1.82) is 0 Å². The van der Waals surface area contributed by atoms with E-state index in [1.807, 2.05) is 0 Å². The second kappa shape index (κ2) is 10.5. The molecule has 0 heterocycles. The average molecular weight is 243 g/mol. The number of hydrazine groups is 1. The number of hydrogen-bond acceptors (Lipinski definition) is 3. The Kier molecular flexibility index (Phi) is 10.2. The van der Waals surface area contributed by atoms with Crippen LogP contribution in [0.3, 0.4) is 0 Å². The van der Waals surface area contributed by atoms with E-state index < -0.39 is 0 Å². The molecule has 0 saturated heterocycles. The molecule has 4 nitrogen and oxygen atoms in total. The number of nitrogens with zero attached hydrogens (tertiary/aromatic N) is 1. The number of amides is 1. The van der Waals surface area contributed by atoms with Crippen LogP contribution in [0.25, 0.3) is 0 Å². The van der Waals surface area contributed by atoms with Crippen LogP contribution < -0.4 is 11.3 Å². The lowest BCUT2D eigenvalue weighted by molar-refractivity contribution is -0.121. The van der Waals surface area contributed by atoms with E-state index in [-0.39, 0.29) is 5.91 Å². The lowest BCUT2D eigenvalue weighted by atomic mass is 10.1. The molecule has 102 valence electrons. The summed E-state index contributed by atoms with van der Waals surface area (Å²) in [7, 11) is 0. The van der Waals surface area contributed by atoms with E-state index in [4.69, 9.17) is 5.84 Å². The third-order valence-corrected chi connectivity index (χ3v) is 3.25. The van der Waals surface area contributed by atoms with Crippen LogP contribution in [0.1, 0.15) is 52.9 Å². The largest absolute Gasteiger partial charge is 0.303 e. The highest BCUT2D eigenvalue weighted by atomic mass is 16.2.